The number of likely N-dealkylation sites (N-methyl/N-ethyl adjacent to an activating group) is 1. The van der Waals surface area contributed by atoms with Crippen molar-refractivity contribution >= 4 is 17.8 Å². The molecule has 6 heteroatoms. The summed E-state index contributed by atoms with van der Waals surface area (Å²) >= 11 is 0. The Labute approximate surface area is 102 Å². The minimum absolute atomic E-state index is 0.144. The van der Waals surface area contributed by atoms with Gasteiger partial charge in [-0.25, -0.2) is 4.39 Å². The summed E-state index contributed by atoms with van der Waals surface area (Å²) < 4.78 is 13.2. The molecule has 1 N–H and O–H groups in total. The number of rotatable bonds is 2. The third-order valence-electron chi connectivity index (χ3n) is 2.93. The van der Waals surface area contributed by atoms with Crippen LogP contribution in [0.3, 0.4) is 0 Å². The van der Waals surface area contributed by atoms with Gasteiger partial charge in [-0.3, -0.25) is 19.3 Å². The van der Waals surface area contributed by atoms with Crippen molar-refractivity contribution in [2.75, 3.05) is 7.05 Å². The minimum atomic E-state index is -1.17. The molecule has 0 radical (unpaired) electrons. The lowest BCUT2D eigenvalue weighted by Crippen LogP contribution is -2.42. The number of carboxylic acids is 1. The fraction of sp³-hybridized carbons (Fsp3) is 0.250. The number of nitrogens with zero attached hydrogens (tertiary/aromatic N) is 1. The summed E-state index contributed by atoms with van der Waals surface area (Å²) in [5.74, 6) is -3.96. The van der Waals surface area contributed by atoms with Gasteiger partial charge in [0.15, 0.2) is 0 Å². The second kappa shape index (κ2) is 4.21. The molecule has 1 unspecified atom stereocenters. The highest BCUT2D eigenvalue weighted by Crippen LogP contribution is 2.31. The largest absolute Gasteiger partial charge is 0.481 e. The van der Waals surface area contributed by atoms with Gasteiger partial charge in [0.2, 0.25) is 5.91 Å². The highest BCUT2D eigenvalue weighted by Gasteiger charge is 2.37. The Kier molecular flexibility index (Phi) is 2.86. The molecule has 94 valence electrons. The van der Waals surface area contributed by atoms with E-state index in [-0.39, 0.29) is 11.1 Å². The summed E-state index contributed by atoms with van der Waals surface area (Å²) in [6.45, 7) is 0. The predicted octanol–water partition coefficient (Wildman–Crippen LogP) is 0.996. The number of imide groups is 1. The lowest BCUT2D eigenvalue weighted by Gasteiger charge is -2.29. The number of carboxylic acid groups (broad SMARTS) is 1. The Morgan fingerprint density at radius 1 is 1.44 bits per heavy atom. The van der Waals surface area contributed by atoms with Crippen LogP contribution in [0.2, 0.25) is 0 Å². The van der Waals surface area contributed by atoms with Gasteiger partial charge >= 0.3 is 5.97 Å². The number of carbonyl (C=O) groups excluding carboxylic acids is 2. The van der Waals surface area contributed by atoms with E-state index in [1.165, 1.54) is 13.1 Å². The molecule has 0 aromatic heterocycles. The zero-order chi connectivity index (χ0) is 13.4. The standard InChI is InChI=1S/C12H10FNO4/c1-14-11(17)7-3-2-6(13)4-8(7)9(12(14)18)5-10(15)16/h2-4,9H,5H2,1H3,(H,15,16). The van der Waals surface area contributed by atoms with Crippen molar-refractivity contribution in [2.24, 2.45) is 0 Å². The fourth-order valence-electron chi connectivity index (χ4n) is 2.04. The van der Waals surface area contributed by atoms with Gasteiger partial charge < -0.3 is 5.11 Å². The Morgan fingerprint density at radius 2 is 2.11 bits per heavy atom. The number of carbonyl (C=O) groups is 3. The molecular formula is C12H10FNO4. The summed E-state index contributed by atoms with van der Waals surface area (Å²) in [6.07, 6.45) is -0.465. The molecule has 0 saturated carbocycles. The van der Waals surface area contributed by atoms with Crippen LogP contribution >= 0.6 is 0 Å². The van der Waals surface area contributed by atoms with E-state index in [1.807, 2.05) is 0 Å². The van der Waals surface area contributed by atoms with Crippen molar-refractivity contribution in [3.05, 3.63) is 35.1 Å². The quantitative estimate of drug-likeness (QED) is 0.795. The van der Waals surface area contributed by atoms with E-state index >= 15 is 0 Å². The molecule has 1 atom stereocenters. The number of hydrogen-bond acceptors (Lipinski definition) is 3. The Balaban J connectivity index is 2.57. The van der Waals surface area contributed by atoms with E-state index in [2.05, 4.69) is 0 Å². The van der Waals surface area contributed by atoms with Crippen molar-refractivity contribution in [2.45, 2.75) is 12.3 Å². The Hall–Kier alpha value is -2.24. The lowest BCUT2D eigenvalue weighted by molar-refractivity contribution is -0.141. The van der Waals surface area contributed by atoms with E-state index < -0.39 is 35.9 Å². The molecule has 1 aromatic carbocycles. The summed E-state index contributed by atoms with van der Waals surface area (Å²) in [5.41, 5.74) is 0.315. The van der Waals surface area contributed by atoms with E-state index in [1.54, 1.807) is 0 Å². The number of aliphatic carboxylic acids is 1. The summed E-state index contributed by atoms with van der Waals surface area (Å²) in [7, 11) is 1.28. The van der Waals surface area contributed by atoms with Crippen LogP contribution < -0.4 is 0 Å². The normalized spacial score (nSPS) is 18.8. The minimum Gasteiger partial charge on any atom is -0.481 e. The van der Waals surface area contributed by atoms with Crippen molar-refractivity contribution in [1.82, 2.24) is 4.90 Å². The van der Waals surface area contributed by atoms with Crippen LogP contribution in [0.5, 0.6) is 0 Å². The molecule has 1 aliphatic rings. The first-order chi connectivity index (χ1) is 8.41. The maximum absolute atomic E-state index is 13.2. The summed E-state index contributed by atoms with van der Waals surface area (Å²) in [5, 5.41) is 8.78. The lowest BCUT2D eigenvalue weighted by atomic mass is 9.86. The molecule has 1 heterocycles. The van der Waals surface area contributed by atoms with E-state index in [0.717, 1.165) is 17.0 Å². The SMILES string of the molecule is CN1C(=O)c2ccc(F)cc2C(CC(=O)O)C1=O. The molecule has 0 fully saturated rings. The van der Waals surface area contributed by atoms with Crippen LogP contribution in [0.1, 0.15) is 28.3 Å². The van der Waals surface area contributed by atoms with Gasteiger partial charge in [0.05, 0.1) is 12.3 Å². The maximum atomic E-state index is 13.2. The number of fused-ring (bicyclic) bond motifs is 1. The molecule has 1 aliphatic heterocycles. The highest BCUT2D eigenvalue weighted by atomic mass is 19.1. The van der Waals surface area contributed by atoms with E-state index in [9.17, 15) is 18.8 Å². The van der Waals surface area contributed by atoms with Gasteiger partial charge in [-0.1, -0.05) is 0 Å². The van der Waals surface area contributed by atoms with Crippen LogP contribution in [0.15, 0.2) is 18.2 Å². The van der Waals surface area contributed by atoms with Gasteiger partial charge in [0.1, 0.15) is 5.82 Å². The molecule has 0 spiro atoms. The van der Waals surface area contributed by atoms with Gasteiger partial charge in [-0.2, -0.15) is 0 Å². The van der Waals surface area contributed by atoms with Gasteiger partial charge in [-0.05, 0) is 23.8 Å². The number of hydrogen-bond donors (Lipinski definition) is 1. The molecule has 0 bridgehead atoms. The smallest absolute Gasteiger partial charge is 0.304 e. The van der Waals surface area contributed by atoms with Gasteiger partial charge in [0, 0.05) is 12.6 Å². The van der Waals surface area contributed by atoms with Crippen molar-refractivity contribution in [1.29, 1.82) is 0 Å². The number of benzene rings is 1. The summed E-state index contributed by atoms with van der Waals surface area (Å²) in [4.78, 5) is 35.3. The van der Waals surface area contributed by atoms with Crippen molar-refractivity contribution in [3.63, 3.8) is 0 Å². The summed E-state index contributed by atoms with van der Waals surface area (Å²) in [6, 6.07) is 3.43. The highest BCUT2D eigenvalue weighted by molar-refractivity contribution is 6.11. The number of halogens is 1. The molecule has 5 nitrogen and oxygen atoms in total. The van der Waals surface area contributed by atoms with Crippen molar-refractivity contribution in [3.8, 4) is 0 Å². The Bertz CT molecular complexity index is 555. The maximum Gasteiger partial charge on any atom is 0.304 e. The molecule has 0 aliphatic carbocycles. The third-order valence-corrected chi connectivity index (χ3v) is 2.93. The van der Waals surface area contributed by atoms with Crippen LogP contribution in [-0.4, -0.2) is 34.8 Å². The first-order valence-corrected chi connectivity index (χ1v) is 5.25. The van der Waals surface area contributed by atoms with Crippen LogP contribution in [0.4, 0.5) is 4.39 Å². The monoisotopic (exact) mass is 251 g/mol. The molecule has 2 rings (SSSR count). The molecular weight excluding hydrogens is 241 g/mol. The van der Waals surface area contributed by atoms with Crippen LogP contribution in [0, 0.1) is 5.82 Å². The Morgan fingerprint density at radius 3 is 2.72 bits per heavy atom. The average Bonchev–Trinajstić information content (AvgIpc) is 2.31. The number of amides is 2. The molecule has 1 aromatic rings. The van der Waals surface area contributed by atoms with Gasteiger partial charge in [-0.15, -0.1) is 0 Å². The zero-order valence-corrected chi connectivity index (χ0v) is 9.51. The van der Waals surface area contributed by atoms with Gasteiger partial charge in [0.25, 0.3) is 5.91 Å². The zero-order valence-electron chi connectivity index (χ0n) is 9.51. The first kappa shape index (κ1) is 12.2. The van der Waals surface area contributed by atoms with E-state index in [0.29, 0.717) is 0 Å². The first-order valence-electron chi connectivity index (χ1n) is 5.25. The molecule has 18 heavy (non-hydrogen) atoms. The second-order valence-electron chi connectivity index (χ2n) is 4.08. The fourth-order valence-corrected chi connectivity index (χ4v) is 2.04. The molecule has 2 amide bonds. The van der Waals surface area contributed by atoms with Crippen LogP contribution in [-0.2, 0) is 9.59 Å². The van der Waals surface area contributed by atoms with Crippen LogP contribution in [0.25, 0.3) is 0 Å². The average molecular weight is 251 g/mol. The topological polar surface area (TPSA) is 74.7 Å². The third kappa shape index (κ3) is 1.85. The predicted molar refractivity (Wildman–Crippen MR) is 58.5 cm³/mol. The van der Waals surface area contributed by atoms with Crippen molar-refractivity contribution < 1.29 is 23.9 Å². The van der Waals surface area contributed by atoms with E-state index in [4.69, 9.17) is 5.11 Å². The second-order valence-corrected chi connectivity index (χ2v) is 4.08. The molecule has 0 saturated heterocycles.